The fraction of sp³-hybridized carbons (Fsp3) is 0.458. The normalized spacial score (nSPS) is 16.2. The van der Waals surface area contributed by atoms with Gasteiger partial charge in [-0.3, -0.25) is 19.1 Å². The third-order valence-electron chi connectivity index (χ3n) is 6.49. The van der Waals surface area contributed by atoms with Crippen molar-refractivity contribution in [2.75, 3.05) is 18.0 Å². The van der Waals surface area contributed by atoms with E-state index in [0.29, 0.717) is 13.1 Å². The van der Waals surface area contributed by atoms with E-state index in [0.717, 1.165) is 55.8 Å². The van der Waals surface area contributed by atoms with Crippen LogP contribution in [0.5, 0.6) is 0 Å². The van der Waals surface area contributed by atoms with E-state index in [4.69, 9.17) is 0 Å². The number of carbonyl (C=O) groups is 1. The molecule has 0 bridgehead atoms. The maximum atomic E-state index is 13.3. The predicted molar refractivity (Wildman–Crippen MR) is 126 cm³/mol. The van der Waals surface area contributed by atoms with Crippen molar-refractivity contribution in [3.05, 3.63) is 62.1 Å². The zero-order valence-electron chi connectivity index (χ0n) is 18.8. The van der Waals surface area contributed by atoms with Crippen molar-refractivity contribution in [3.8, 4) is 0 Å². The lowest BCUT2D eigenvalue weighted by Gasteiger charge is -2.29. The van der Waals surface area contributed by atoms with Gasteiger partial charge in [-0.2, -0.15) is 0 Å². The second kappa shape index (κ2) is 8.80. The van der Waals surface area contributed by atoms with Gasteiger partial charge in [0, 0.05) is 49.6 Å². The maximum Gasteiger partial charge on any atom is 0.329 e. The molecule has 33 heavy (non-hydrogen) atoms. The van der Waals surface area contributed by atoms with Gasteiger partial charge in [-0.25, -0.2) is 14.8 Å². The average molecular weight is 449 g/mol. The molecule has 9 heteroatoms. The lowest BCUT2D eigenvalue weighted by atomic mass is 10.1. The van der Waals surface area contributed by atoms with E-state index in [9.17, 15) is 14.4 Å². The summed E-state index contributed by atoms with van der Waals surface area (Å²) in [6.45, 7) is 4.38. The van der Waals surface area contributed by atoms with Gasteiger partial charge in [0.1, 0.15) is 5.82 Å². The third-order valence-corrected chi connectivity index (χ3v) is 6.49. The van der Waals surface area contributed by atoms with E-state index in [1.807, 2.05) is 19.1 Å². The quantitative estimate of drug-likeness (QED) is 0.598. The van der Waals surface area contributed by atoms with Crippen LogP contribution in [0.2, 0.25) is 0 Å². The van der Waals surface area contributed by atoms with Gasteiger partial charge in [-0.15, -0.1) is 0 Å². The molecule has 9 nitrogen and oxygen atoms in total. The first-order valence-electron chi connectivity index (χ1n) is 11.7. The van der Waals surface area contributed by atoms with Crippen LogP contribution >= 0.6 is 0 Å². The molecule has 1 saturated carbocycles. The summed E-state index contributed by atoms with van der Waals surface area (Å²) >= 11 is 0. The Bertz CT molecular complexity index is 1320. The summed E-state index contributed by atoms with van der Waals surface area (Å²) in [5.41, 5.74) is 1.13. The van der Waals surface area contributed by atoms with E-state index in [1.165, 1.54) is 11.0 Å². The summed E-state index contributed by atoms with van der Waals surface area (Å²) in [5, 5.41) is 3.13. The van der Waals surface area contributed by atoms with Crippen LogP contribution in [0.25, 0.3) is 11.0 Å². The van der Waals surface area contributed by atoms with Gasteiger partial charge in [-0.05, 0) is 51.2 Å². The van der Waals surface area contributed by atoms with Crippen LogP contribution in [-0.4, -0.2) is 38.5 Å². The lowest BCUT2D eigenvalue weighted by molar-refractivity contribution is 0.0952. The number of aryl methyl sites for hydroxylation is 1. The first-order valence-corrected chi connectivity index (χ1v) is 11.7. The highest BCUT2D eigenvalue weighted by atomic mass is 16.2. The first-order chi connectivity index (χ1) is 16.1. The topological polar surface area (TPSA) is 113 Å². The SMILES string of the molecule is CCn1c(=O)[nH]c(=O)c2c(C(=O)NCc3cccnc3N3CCCCC3)cc(C3CC3)nc21. The Morgan fingerprint density at radius 3 is 2.73 bits per heavy atom. The van der Waals surface area contributed by atoms with Crippen LogP contribution in [-0.2, 0) is 13.1 Å². The van der Waals surface area contributed by atoms with Crippen LogP contribution in [0.15, 0.2) is 34.0 Å². The van der Waals surface area contributed by atoms with Gasteiger partial charge in [-0.1, -0.05) is 6.07 Å². The van der Waals surface area contributed by atoms with Crippen molar-refractivity contribution in [2.45, 2.75) is 58.0 Å². The fourth-order valence-corrected chi connectivity index (χ4v) is 4.58. The van der Waals surface area contributed by atoms with Crippen LogP contribution < -0.4 is 21.5 Å². The van der Waals surface area contributed by atoms with Gasteiger partial charge >= 0.3 is 5.69 Å². The number of nitrogens with zero attached hydrogens (tertiary/aromatic N) is 4. The van der Waals surface area contributed by atoms with Gasteiger partial charge in [0.05, 0.1) is 10.9 Å². The molecule has 172 valence electrons. The summed E-state index contributed by atoms with van der Waals surface area (Å²) in [6.07, 6.45) is 7.26. The van der Waals surface area contributed by atoms with E-state index in [-0.39, 0.29) is 28.4 Å². The highest BCUT2D eigenvalue weighted by molar-refractivity contribution is 6.05. The minimum Gasteiger partial charge on any atom is -0.356 e. The molecule has 2 N–H and O–H groups in total. The number of hydrogen-bond donors (Lipinski definition) is 2. The number of carbonyl (C=O) groups excluding carboxylic acids is 1. The Hall–Kier alpha value is -3.49. The molecule has 0 atom stereocenters. The number of anilines is 1. The number of amides is 1. The van der Waals surface area contributed by atoms with E-state index in [2.05, 4.69) is 25.2 Å². The predicted octanol–water partition coefficient (Wildman–Crippen LogP) is 2.30. The molecular formula is C24H28N6O3. The maximum absolute atomic E-state index is 13.3. The Kier molecular flexibility index (Phi) is 5.70. The molecule has 4 heterocycles. The van der Waals surface area contributed by atoms with Crippen LogP contribution in [0.4, 0.5) is 5.82 Å². The number of fused-ring (bicyclic) bond motifs is 1. The molecule has 5 rings (SSSR count). The van der Waals surface area contributed by atoms with Crippen LogP contribution in [0, 0.1) is 0 Å². The van der Waals surface area contributed by atoms with Crippen molar-refractivity contribution >= 4 is 22.8 Å². The second-order valence-corrected chi connectivity index (χ2v) is 8.79. The molecule has 3 aromatic rings. The number of hydrogen-bond acceptors (Lipinski definition) is 6. The van der Waals surface area contributed by atoms with Crippen molar-refractivity contribution in [3.63, 3.8) is 0 Å². The molecule has 1 saturated heterocycles. The number of rotatable bonds is 6. The summed E-state index contributed by atoms with van der Waals surface area (Å²) in [5.74, 6) is 0.808. The number of pyridine rings is 2. The van der Waals surface area contributed by atoms with Gasteiger partial charge in [0.25, 0.3) is 11.5 Å². The molecular weight excluding hydrogens is 420 g/mol. The fourth-order valence-electron chi connectivity index (χ4n) is 4.58. The summed E-state index contributed by atoms with van der Waals surface area (Å²) < 4.78 is 1.41. The molecule has 2 aliphatic rings. The highest BCUT2D eigenvalue weighted by Gasteiger charge is 2.28. The molecule has 0 radical (unpaired) electrons. The summed E-state index contributed by atoms with van der Waals surface area (Å²) in [4.78, 5) is 52.2. The monoisotopic (exact) mass is 448 g/mol. The van der Waals surface area contributed by atoms with E-state index >= 15 is 0 Å². The molecule has 1 aliphatic heterocycles. The Morgan fingerprint density at radius 1 is 1.21 bits per heavy atom. The number of nitrogens with one attached hydrogen (secondary N) is 2. The molecule has 0 aromatic carbocycles. The second-order valence-electron chi connectivity index (χ2n) is 8.79. The average Bonchev–Trinajstić information content (AvgIpc) is 3.68. The minimum absolute atomic E-state index is 0.154. The smallest absolute Gasteiger partial charge is 0.329 e. The van der Waals surface area contributed by atoms with Crippen molar-refractivity contribution in [1.82, 2.24) is 24.8 Å². The molecule has 3 aromatic heterocycles. The third kappa shape index (κ3) is 4.15. The minimum atomic E-state index is -0.588. The largest absolute Gasteiger partial charge is 0.356 e. The molecule has 2 fully saturated rings. The molecule has 0 unspecified atom stereocenters. The number of aromatic amines is 1. The highest BCUT2D eigenvalue weighted by Crippen LogP contribution is 2.39. The van der Waals surface area contributed by atoms with E-state index in [1.54, 1.807) is 12.3 Å². The standard InChI is InChI=1S/C24H28N6O3/c1-2-30-21-19(23(32)28-24(30)33)17(13-18(27-21)15-8-9-15)22(31)26-14-16-7-6-10-25-20(16)29-11-4-3-5-12-29/h6-7,10,13,15H,2-5,8-9,11-12,14H2,1H3,(H,26,31)(H,28,32,33). The molecule has 0 spiro atoms. The summed E-state index contributed by atoms with van der Waals surface area (Å²) in [7, 11) is 0. The Labute approximate surface area is 190 Å². The summed E-state index contributed by atoms with van der Waals surface area (Å²) in [6, 6.07) is 5.55. The number of H-pyrrole nitrogens is 1. The Balaban J connectivity index is 1.50. The van der Waals surface area contributed by atoms with Gasteiger partial charge < -0.3 is 10.2 Å². The first kappa shape index (κ1) is 21.4. The molecule has 1 aliphatic carbocycles. The lowest BCUT2D eigenvalue weighted by Crippen LogP contribution is -2.34. The number of piperidine rings is 1. The zero-order valence-corrected chi connectivity index (χ0v) is 18.8. The Morgan fingerprint density at radius 2 is 2.00 bits per heavy atom. The van der Waals surface area contributed by atoms with Gasteiger partial charge in [0.2, 0.25) is 0 Å². The zero-order chi connectivity index (χ0) is 22.9. The van der Waals surface area contributed by atoms with Crippen LogP contribution in [0.1, 0.15) is 66.6 Å². The van der Waals surface area contributed by atoms with E-state index < -0.39 is 11.2 Å². The van der Waals surface area contributed by atoms with Crippen molar-refractivity contribution < 1.29 is 4.79 Å². The van der Waals surface area contributed by atoms with Crippen LogP contribution in [0.3, 0.4) is 0 Å². The number of aromatic nitrogens is 4. The van der Waals surface area contributed by atoms with Crippen molar-refractivity contribution in [1.29, 1.82) is 0 Å². The molecule has 1 amide bonds. The van der Waals surface area contributed by atoms with Gasteiger partial charge in [0.15, 0.2) is 5.65 Å². The van der Waals surface area contributed by atoms with Crippen molar-refractivity contribution in [2.24, 2.45) is 0 Å².